The van der Waals surface area contributed by atoms with Gasteiger partial charge in [0.2, 0.25) is 0 Å². The van der Waals surface area contributed by atoms with Crippen molar-refractivity contribution in [3.8, 4) is 0 Å². The van der Waals surface area contributed by atoms with E-state index in [4.69, 9.17) is 4.99 Å². The van der Waals surface area contributed by atoms with Crippen LogP contribution >= 0.6 is 24.0 Å². The first kappa shape index (κ1) is 24.4. The number of aliphatic imine (C=N–C) groups is 1. The van der Waals surface area contributed by atoms with E-state index < -0.39 is 0 Å². The minimum Gasteiger partial charge on any atom is -0.357 e. The van der Waals surface area contributed by atoms with Crippen LogP contribution in [0.2, 0.25) is 0 Å². The molecule has 2 N–H and O–H groups in total. The predicted octanol–water partition coefficient (Wildman–Crippen LogP) is 3.55. The summed E-state index contributed by atoms with van der Waals surface area (Å²) in [7, 11) is 2.23. The van der Waals surface area contributed by atoms with Crippen molar-refractivity contribution in [1.82, 2.24) is 20.4 Å². The lowest BCUT2D eigenvalue weighted by Crippen LogP contribution is -2.51. The molecular weight excluding hydrogens is 473 g/mol. The number of nitrogens with zero attached hydrogens (tertiary/aromatic N) is 3. The maximum Gasteiger partial charge on any atom is 0.191 e. The van der Waals surface area contributed by atoms with Gasteiger partial charge >= 0.3 is 0 Å². The van der Waals surface area contributed by atoms with E-state index in [1.165, 1.54) is 44.3 Å². The van der Waals surface area contributed by atoms with Crippen molar-refractivity contribution in [2.45, 2.75) is 58.2 Å². The number of likely N-dealkylation sites (tertiary alicyclic amines) is 2. The maximum atomic E-state index is 4.93. The van der Waals surface area contributed by atoms with Crippen molar-refractivity contribution in [3.05, 3.63) is 35.9 Å². The quantitative estimate of drug-likeness (QED) is 0.347. The number of nitrogens with one attached hydrogen (secondary N) is 2. The summed E-state index contributed by atoms with van der Waals surface area (Å²) in [4.78, 5) is 9.98. The van der Waals surface area contributed by atoms with Crippen molar-refractivity contribution in [1.29, 1.82) is 0 Å². The molecule has 0 amide bonds. The van der Waals surface area contributed by atoms with Crippen LogP contribution in [0.3, 0.4) is 0 Å². The van der Waals surface area contributed by atoms with Gasteiger partial charge in [-0.2, -0.15) is 0 Å². The summed E-state index contributed by atoms with van der Waals surface area (Å²) in [6.07, 6.45) is 4.96. The predicted molar refractivity (Wildman–Crippen MR) is 134 cm³/mol. The summed E-state index contributed by atoms with van der Waals surface area (Å²) >= 11 is 0. The minimum absolute atomic E-state index is 0. The molecule has 2 heterocycles. The van der Waals surface area contributed by atoms with Crippen molar-refractivity contribution in [2.75, 3.05) is 39.8 Å². The zero-order valence-electron chi connectivity index (χ0n) is 18.4. The molecule has 3 atom stereocenters. The molecular formula is C23H40IN5. The van der Waals surface area contributed by atoms with Gasteiger partial charge in [0.25, 0.3) is 0 Å². The second kappa shape index (κ2) is 12.7. The molecule has 2 saturated heterocycles. The third kappa shape index (κ3) is 8.06. The zero-order chi connectivity index (χ0) is 19.8. The SMILES string of the molecule is CCNC(=NCC1CCCN(C)C1)NC1CCN(Cc2ccccc2)C(C)C1.I. The standard InChI is InChI=1S/C23H39N5.HI/c1-4-24-23(25-16-21-11-8-13-27(3)17-21)26-22-12-14-28(19(2)15-22)18-20-9-6-5-7-10-20;/h5-7,9-10,19,21-22H,4,8,11-18H2,1-3H3,(H2,24,25,26);1H. The largest absolute Gasteiger partial charge is 0.357 e. The Kier molecular flexibility index (Phi) is 10.7. The van der Waals surface area contributed by atoms with E-state index in [0.29, 0.717) is 18.0 Å². The average Bonchev–Trinajstić information content (AvgIpc) is 2.69. The maximum absolute atomic E-state index is 4.93. The summed E-state index contributed by atoms with van der Waals surface area (Å²) in [6.45, 7) is 11.0. The number of benzene rings is 1. The minimum atomic E-state index is 0. The summed E-state index contributed by atoms with van der Waals surface area (Å²) < 4.78 is 0. The van der Waals surface area contributed by atoms with E-state index in [1.807, 2.05) is 0 Å². The highest BCUT2D eigenvalue weighted by atomic mass is 127. The highest BCUT2D eigenvalue weighted by molar-refractivity contribution is 14.0. The van der Waals surface area contributed by atoms with Gasteiger partial charge < -0.3 is 15.5 Å². The first-order chi connectivity index (χ1) is 13.6. The van der Waals surface area contributed by atoms with E-state index in [2.05, 4.69) is 71.7 Å². The molecule has 0 bridgehead atoms. The van der Waals surface area contributed by atoms with Crippen LogP contribution in [0.4, 0.5) is 0 Å². The van der Waals surface area contributed by atoms with Gasteiger partial charge in [0.15, 0.2) is 5.96 Å². The van der Waals surface area contributed by atoms with Gasteiger partial charge in [-0.1, -0.05) is 30.3 Å². The second-order valence-electron chi connectivity index (χ2n) is 8.66. The molecule has 2 fully saturated rings. The van der Waals surface area contributed by atoms with E-state index in [-0.39, 0.29) is 24.0 Å². The highest BCUT2D eigenvalue weighted by Crippen LogP contribution is 2.20. The van der Waals surface area contributed by atoms with Gasteiger partial charge in [-0.05, 0) is 64.6 Å². The van der Waals surface area contributed by atoms with Gasteiger partial charge in [0.05, 0.1) is 0 Å². The van der Waals surface area contributed by atoms with Crippen molar-refractivity contribution >= 4 is 29.9 Å². The molecule has 6 heteroatoms. The molecule has 2 aliphatic heterocycles. The van der Waals surface area contributed by atoms with Crippen molar-refractivity contribution in [2.24, 2.45) is 10.9 Å². The Labute approximate surface area is 194 Å². The Morgan fingerprint density at radius 1 is 1.17 bits per heavy atom. The lowest BCUT2D eigenvalue weighted by molar-refractivity contribution is 0.134. The van der Waals surface area contributed by atoms with Crippen LogP contribution in [0.15, 0.2) is 35.3 Å². The molecule has 3 rings (SSSR count). The van der Waals surface area contributed by atoms with Gasteiger partial charge in [-0.15, -0.1) is 24.0 Å². The summed E-state index contributed by atoms with van der Waals surface area (Å²) in [5.41, 5.74) is 1.41. The molecule has 0 spiro atoms. The van der Waals surface area contributed by atoms with E-state index in [0.717, 1.165) is 32.1 Å². The van der Waals surface area contributed by atoms with Gasteiger partial charge in [0, 0.05) is 44.8 Å². The van der Waals surface area contributed by atoms with Crippen LogP contribution in [-0.2, 0) is 6.54 Å². The molecule has 0 aromatic heterocycles. The first-order valence-electron chi connectivity index (χ1n) is 11.2. The van der Waals surface area contributed by atoms with Gasteiger partial charge in [0.1, 0.15) is 0 Å². The molecule has 0 aliphatic carbocycles. The number of guanidine groups is 1. The summed E-state index contributed by atoms with van der Waals surface area (Å²) in [6, 6.07) is 11.9. The van der Waals surface area contributed by atoms with Crippen LogP contribution in [0, 0.1) is 5.92 Å². The molecule has 3 unspecified atom stereocenters. The third-order valence-corrected chi connectivity index (χ3v) is 6.16. The number of hydrogen-bond donors (Lipinski definition) is 2. The lowest BCUT2D eigenvalue weighted by Gasteiger charge is -2.38. The molecule has 1 aromatic carbocycles. The highest BCUT2D eigenvalue weighted by Gasteiger charge is 2.26. The Balaban J connectivity index is 0.00000300. The van der Waals surface area contributed by atoms with Gasteiger partial charge in [-0.25, -0.2) is 0 Å². The topological polar surface area (TPSA) is 42.9 Å². The number of piperidine rings is 2. The number of rotatable bonds is 6. The van der Waals surface area contributed by atoms with Gasteiger partial charge in [-0.3, -0.25) is 9.89 Å². The number of halogens is 1. The molecule has 5 nitrogen and oxygen atoms in total. The van der Waals surface area contributed by atoms with Crippen LogP contribution in [0.25, 0.3) is 0 Å². The molecule has 0 radical (unpaired) electrons. The Morgan fingerprint density at radius 3 is 2.66 bits per heavy atom. The Hall–Kier alpha value is -0.860. The fourth-order valence-corrected chi connectivity index (χ4v) is 4.56. The Bertz CT molecular complexity index is 609. The Morgan fingerprint density at radius 2 is 1.97 bits per heavy atom. The average molecular weight is 514 g/mol. The fraction of sp³-hybridized carbons (Fsp3) is 0.696. The third-order valence-electron chi connectivity index (χ3n) is 6.16. The monoisotopic (exact) mass is 513 g/mol. The second-order valence-corrected chi connectivity index (χ2v) is 8.66. The summed E-state index contributed by atoms with van der Waals surface area (Å²) in [5.74, 6) is 1.70. The molecule has 29 heavy (non-hydrogen) atoms. The lowest BCUT2D eigenvalue weighted by atomic mass is 9.97. The van der Waals surface area contributed by atoms with Crippen LogP contribution in [-0.4, -0.2) is 67.6 Å². The molecule has 164 valence electrons. The van der Waals surface area contributed by atoms with E-state index >= 15 is 0 Å². The van der Waals surface area contributed by atoms with Crippen molar-refractivity contribution in [3.63, 3.8) is 0 Å². The fourth-order valence-electron chi connectivity index (χ4n) is 4.56. The first-order valence-corrected chi connectivity index (χ1v) is 11.2. The molecule has 2 aliphatic rings. The van der Waals surface area contributed by atoms with Crippen LogP contribution < -0.4 is 10.6 Å². The molecule has 1 aromatic rings. The smallest absolute Gasteiger partial charge is 0.191 e. The van der Waals surface area contributed by atoms with Crippen molar-refractivity contribution < 1.29 is 0 Å². The van der Waals surface area contributed by atoms with E-state index in [1.54, 1.807) is 0 Å². The number of hydrogen-bond acceptors (Lipinski definition) is 3. The molecule has 0 saturated carbocycles. The van der Waals surface area contributed by atoms with E-state index in [9.17, 15) is 0 Å². The van der Waals surface area contributed by atoms with Crippen LogP contribution in [0.5, 0.6) is 0 Å². The normalized spacial score (nSPS) is 26.6. The summed E-state index contributed by atoms with van der Waals surface area (Å²) in [5, 5.41) is 7.18. The zero-order valence-corrected chi connectivity index (χ0v) is 20.8. The van der Waals surface area contributed by atoms with Crippen LogP contribution in [0.1, 0.15) is 45.1 Å².